The second-order valence-electron chi connectivity index (χ2n) is 6.88. The Bertz CT molecular complexity index is 1310. The Labute approximate surface area is 198 Å². The molecule has 164 valence electrons. The van der Waals surface area contributed by atoms with Crippen molar-refractivity contribution in [3.05, 3.63) is 80.2 Å². The second kappa shape index (κ2) is 10.2. The molecule has 4 rings (SSSR count). The van der Waals surface area contributed by atoms with Crippen molar-refractivity contribution in [1.29, 1.82) is 0 Å². The molecule has 2 heterocycles. The molecule has 0 saturated heterocycles. The summed E-state index contributed by atoms with van der Waals surface area (Å²) in [7, 11) is 1.53. The average Bonchev–Trinajstić information content (AvgIpc) is 3.31. The fourth-order valence-corrected chi connectivity index (χ4v) is 4.92. The van der Waals surface area contributed by atoms with Crippen LogP contribution in [0, 0.1) is 0 Å². The van der Waals surface area contributed by atoms with Crippen molar-refractivity contribution in [1.82, 2.24) is 9.55 Å². The van der Waals surface area contributed by atoms with Crippen molar-refractivity contribution >= 4 is 57.2 Å². The molecule has 0 aliphatic carbocycles. The molecular formula is C23H20ClN3O3S2. The Balaban J connectivity index is 1.56. The molecule has 0 spiro atoms. The molecule has 9 heteroatoms. The van der Waals surface area contributed by atoms with Crippen molar-refractivity contribution in [2.75, 3.05) is 18.2 Å². The number of carbonyl (C=O) groups excluding carboxylic acids is 1. The number of halogens is 1. The topological polar surface area (TPSA) is 73.2 Å². The largest absolute Gasteiger partial charge is 0.495 e. The molecule has 32 heavy (non-hydrogen) atoms. The van der Waals surface area contributed by atoms with Gasteiger partial charge in [0.25, 0.3) is 5.56 Å². The van der Waals surface area contributed by atoms with Gasteiger partial charge in [0, 0.05) is 16.4 Å². The number of methoxy groups -OCH3 is 1. The lowest BCUT2D eigenvalue weighted by Crippen LogP contribution is -2.25. The number of nitrogens with zero attached hydrogens (tertiary/aromatic N) is 2. The van der Waals surface area contributed by atoms with Gasteiger partial charge in [-0.3, -0.25) is 14.2 Å². The van der Waals surface area contributed by atoms with Gasteiger partial charge in [0.15, 0.2) is 5.16 Å². The molecule has 2 aromatic heterocycles. The van der Waals surface area contributed by atoms with Crippen molar-refractivity contribution < 1.29 is 9.53 Å². The van der Waals surface area contributed by atoms with Crippen LogP contribution in [0.15, 0.2) is 69.9 Å². The van der Waals surface area contributed by atoms with Gasteiger partial charge in [0.1, 0.15) is 5.75 Å². The molecule has 0 fully saturated rings. The second-order valence-corrected chi connectivity index (χ2v) is 9.29. The zero-order valence-electron chi connectivity index (χ0n) is 17.2. The van der Waals surface area contributed by atoms with E-state index < -0.39 is 0 Å². The predicted octanol–water partition coefficient (Wildman–Crippen LogP) is 5.09. The Kier molecular flexibility index (Phi) is 7.14. The van der Waals surface area contributed by atoms with Crippen LogP contribution in [-0.2, 0) is 17.8 Å². The summed E-state index contributed by atoms with van der Waals surface area (Å²) in [4.78, 5) is 31.6. The Morgan fingerprint density at radius 1 is 1.22 bits per heavy atom. The number of carbonyl (C=O) groups is 1. The number of thioether (sulfide) groups is 1. The van der Waals surface area contributed by atoms with Crippen LogP contribution < -0.4 is 15.6 Å². The minimum atomic E-state index is -0.247. The number of fused-ring (bicyclic) bond motifs is 1. The van der Waals surface area contributed by atoms with E-state index in [1.54, 1.807) is 46.2 Å². The van der Waals surface area contributed by atoms with Crippen molar-refractivity contribution in [3.8, 4) is 5.75 Å². The summed E-state index contributed by atoms with van der Waals surface area (Å²) in [5.41, 5.74) is 1.00. The summed E-state index contributed by atoms with van der Waals surface area (Å²) in [6.07, 6.45) is 0.719. The predicted molar refractivity (Wildman–Crippen MR) is 131 cm³/mol. The molecule has 0 saturated carbocycles. The third-order valence-electron chi connectivity index (χ3n) is 4.76. The van der Waals surface area contributed by atoms with Gasteiger partial charge in [-0.05, 0) is 48.2 Å². The number of hydrogen-bond donors (Lipinski definition) is 1. The first-order valence-electron chi connectivity index (χ1n) is 9.83. The first kappa shape index (κ1) is 22.4. The van der Waals surface area contributed by atoms with Gasteiger partial charge in [-0.25, -0.2) is 4.98 Å². The molecular weight excluding hydrogens is 466 g/mol. The number of aromatic nitrogens is 2. The molecule has 0 unspecified atom stereocenters. The number of amides is 1. The SMILES string of the molecule is COc1ccc(Cl)cc1NC(=O)CSc1nc2ccccc2c(=O)n1CCc1cccs1. The third-order valence-corrected chi connectivity index (χ3v) is 6.90. The summed E-state index contributed by atoms with van der Waals surface area (Å²) in [6.45, 7) is 0.489. The van der Waals surface area contributed by atoms with Crippen LogP contribution in [0.3, 0.4) is 0 Å². The molecule has 4 aromatic rings. The Morgan fingerprint density at radius 2 is 2.06 bits per heavy atom. The van der Waals surface area contributed by atoms with E-state index in [1.165, 1.54) is 23.7 Å². The smallest absolute Gasteiger partial charge is 0.262 e. The van der Waals surface area contributed by atoms with E-state index in [9.17, 15) is 9.59 Å². The highest BCUT2D eigenvalue weighted by molar-refractivity contribution is 7.99. The monoisotopic (exact) mass is 485 g/mol. The van der Waals surface area contributed by atoms with E-state index in [1.807, 2.05) is 29.6 Å². The molecule has 0 aliphatic rings. The maximum Gasteiger partial charge on any atom is 0.262 e. The average molecular weight is 486 g/mol. The molecule has 0 bridgehead atoms. The normalized spacial score (nSPS) is 10.9. The van der Waals surface area contributed by atoms with Gasteiger partial charge in [-0.1, -0.05) is 41.6 Å². The van der Waals surface area contributed by atoms with Crippen molar-refractivity contribution in [2.45, 2.75) is 18.1 Å². The molecule has 6 nitrogen and oxygen atoms in total. The molecule has 2 aromatic carbocycles. The Hall–Kier alpha value is -2.81. The zero-order valence-corrected chi connectivity index (χ0v) is 19.6. The van der Waals surface area contributed by atoms with Gasteiger partial charge in [-0.15, -0.1) is 11.3 Å². The number of para-hydroxylation sites is 1. The molecule has 0 radical (unpaired) electrons. The van der Waals surface area contributed by atoms with Crippen LogP contribution in [0.1, 0.15) is 4.88 Å². The zero-order chi connectivity index (χ0) is 22.5. The number of nitrogens with one attached hydrogen (secondary N) is 1. The van der Waals surface area contributed by atoms with E-state index in [2.05, 4.69) is 10.3 Å². The summed E-state index contributed by atoms with van der Waals surface area (Å²) in [5, 5.41) is 6.40. The minimum absolute atomic E-state index is 0.0828. The number of rotatable bonds is 8. The summed E-state index contributed by atoms with van der Waals surface area (Å²) in [5.74, 6) is 0.353. The van der Waals surface area contributed by atoms with Gasteiger partial charge >= 0.3 is 0 Å². The summed E-state index contributed by atoms with van der Waals surface area (Å²) < 4.78 is 6.93. The summed E-state index contributed by atoms with van der Waals surface area (Å²) >= 11 is 8.92. The number of benzene rings is 2. The van der Waals surface area contributed by atoms with Crippen LogP contribution >= 0.6 is 34.7 Å². The van der Waals surface area contributed by atoms with Crippen LogP contribution in [0.2, 0.25) is 5.02 Å². The molecule has 0 atom stereocenters. The lowest BCUT2D eigenvalue weighted by molar-refractivity contribution is -0.113. The van der Waals surface area contributed by atoms with E-state index in [0.29, 0.717) is 39.1 Å². The maximum atomic E-state index is 13.1. The number of anilines is 1. The van der Waals surface area contributed by atoms with Crippen LogP contribution in [0.4, 0.5) is 5.69 Å². The van der Waals surface area contributed by atoms with Gasteiger partial charge < -0.3 is 10.1 Å². The highest BCUT2D eigenvalue weighted by atomic mass is 35.5. The van der Waals surface area contributed by atoms with Crippen molar-refractivity contribution in [2.24, 2.45) is 0 Å². The lowest BCUT2D eigenvalue weighted by atomic mass is 10.2. The number of ether oxygens (including phenoxy) is 1. The third kappa shape index (κ3) is 5.15. The van der Waals surface area contributed by atoms with Crippen LogP contribution in [0.5, 0.6) is 5.75 Å². The first-order chi connectivity index (χ1) is 15.5. The fourth-order valence-electron chi connectivity index (χ4n) is 3.23. The standard InChI is InChI=1S/C23H20ClN3O3S2/c1-30-20-9-8-15(24)13-19(20)25-21(28)14-32-23-26-18-7-3-2-6-17(18)22(29)27(23)11-10-16-5-4-12-31-16/h2-9,12-13H,10-11,14H2,1H3,(H,25,28). The van der Waals surface area contributed by atoms with Gasteiger partial charge in [-0.2, -0.15) is 0 Å². The van der Waals surface area contributed by atoms with Crippen LogP contribution in [0.25, 0.3) is 10.9 Å². The van der Waals surface area contributed by atoms with E-state index >= 15 is 0 Å². The van der Waals surface area contributed by atoms with Gasteiger partial charge in [0.2, 0.25) is 5.91 Å². The highest BCUT2D eigenvalue weighted by Gasteiger charge is 2.15. The van der Waals surface area contributed by atoms with E-state index in [0.717, 1.165) is 6.42 Å². The first-order valence-corrected chi connectivity index (χ1v) is 12.1. The number of hydrogen-bond acceptors (Lipinski definition) is 6. The fraction of sp³-hybridized carbons (Fsp3) is 0.174. The Morgan fingerprint density at radius 3 is 2.84 bits per heavy atom. The molecule has 1 N–H and O–H groups in total. The van der Waals surface area contributed by atoms with Crippen LogP contribution in [-0.4, -0.2) is 28.3 Å². The highest BCUT2D eigenvalue weighted by Crippen LogP contribution is 2.28. The minimum Gasteiger partial charge on any atom is -0.495 e. The van der Waals surface area contributed by atoms with Crippen molar-refractivity contribution in [3.63, 3.8) is 0 Å². The van der Waals surface area contributed by atoms with E-state index in [4.69, 9.17) is 16.3 Å². The lowest BCUT2D eigenvalue weighted by Gasteiger charge is -2.13. The maximum absolute atomic E-state index is 13.1. The quantitative estimate of drug-likeness (QED) is 0.278. The molecule has 0 aliphatic heterocycles. The number of aryl methyl sites for hydroxylation is 1. The van der Waals surface area contributed by atoms with E-state index in [-0.39, 0.29) is 17.2 Å². The van der Waals surface area contributed by atoms with Gasteiger partial charge in [0.05, 0.1) is 29.5 Å². The number of thiophene rings is 1. The summed E-state index contributed by atoms with van der Waals surface area (Å²) in [6, 6.07) is 16.3. The molecule has 1 amide bonds.